The first kappa shape index (κ1) is 26.6. The Bertz CT molecular complexity index is 1340. The molecule has 0 aromatic heterocycles. The lowest BCUT2D eigenvalue weighted by atomic mass is 9.94. The summed E-state index contributed by atoms with van der Waals surface area (Å²) < 4.78 is 17.8. The minimum atomic E-state index is -0.823. The summed E-state index contributed by atoms with van der Waals surface area (Å²) in [4.78, 5) is 24.8. The zero-order chi connectivity index (χ0) is 27.4. The number of hydrogen-bond acceptors (Lipinski definition) is 5. The van der Waals surface area contributed by atoms with Crippen molar-refractivity contribution >= 4 is 11.9 Å². The summed E-state index contributed by atoms with van der Waals surface area (Å²) in [6.07, 6.45) is 2.53. The molecule has 204 valence electrons. The van der Waals surface area contributed by atoms with Crippen LogP contribution < -0.4 is 14.2 Å². The van der Waals surface area contributed by atoms with E-state index in [1.54, 1.807) is 0 Å². The number of aliphatic carboxylic acids is 1. The molecule has 0 bridgehead atoms. The molecule has 3 aromatic rings. The Balaban J connectivity index is 1.20. The van der Waals surface area contributed by atoms with Crippen molar-refractivity contribution in [1.29, 1.82) is 0 Å². The van der Waals surface area contributed by atoms with Crippen LogP contribution in [0.4, 0.5) is 0 Å². The monoisotopic (exact) mass is 529 g/mol. The Morgan fingerprint density at radius 3 is 2.62 bits per heavy atom. The number of nitrogens with zero attached hydrogens (tertiary/aromatic N) is 1. The molecule has 5 rings (SSSR count). The number of ether oxygens (including phenoxy) is 3. The number of amides is 1. The predicted octanol–water partition coefficient (Wildman–Crippen LogP) is 5.89. The maximum Gasteiger partial charge on any atom is 0.304 e. The molecule has 1 N–H and O–H groups in total. The molecule has 1 amide bonds. The van der Waals surface area contributed by atoms with Crippen molar-refractivity contribution in [2.75, 3.05) is 26.3 Å². The highest BCUT2D eigenvalue weighted by molar-refractivity contribution is 5.78. The van der Waals surface area contributed by atoms with Crippen molar-refractivity contribution in [1.82, 2.24) is 4.90 Å². The van der Waals surface area contributed by atoms with E-state index in [4.69, 9.17) is 19.3 Å². The van der Waals surface area contributed by atoms with Crippen molar-refractivity contribution in [3.8, 4) is 28.4 Å². The Hall–Kier alpha value is -4.00. The standard InChI is InChI=1S/C32H35NO6/c1-21-14-27(37-13-5-12-33-11-4-8-30(33)34)15-22(2)32(21)24-7-3-6-23(16-24)19-38-26-9-10-28-25(17-31(35)36)20-39-29(28)18-26/h3,6-7,9-10,14-16,18,25H,4-5,8,11-13,17,19-20H2,1-2H3,(H,35,36)/t25-/m1/s1. The zero-order valence-corrected chi connectivity index (χ0v) is 22.6. The van der Waals surface area contributed by atoms with Crippen molar-refractivity contribution in [3.63, 3.8) is 0 Å². The smallest absolute Gasteiger partial charge is 0.304 e. The maximum absolute atomic E-state index is 11.8. The molecule has 0 aliphatic carbocycles. The number of carboxylic acid groups (broad SMARTS) is 1. The van der Waals surface area contributed by atoms with Gasteiger partial charge >= 0.3 is 5.97 Å². The highest BCUT2D eigenvalue weighted by atomic mass is 16.5. The number of carbonyl (C=O) groups excluding carboxylic acids is 1. The van der Waals surface area contributed by atoms with Crippen LogP contribution in [0.25, 0.3) is 11.1 Å². The van der Waals surface area contributed by atoms with E-state index in [0.717, 1.165) is 59.5 Å². The van der Waals surface area contributed by atoms with Gasteiger partial charge in [-0.3, -0.25) is 9.59 Å². The quantitative estimate of drug-likeness (QED) is 0.312. The number of fused-ring (bicyclic) bond motifs is 1. The topological polar surface area (TPSA) is 85.3 Å². The van der Waals surface area contributed by atoms with Crippen LogP contribution in [-0.2, 0) is 16.2 Å². The van der Waals surface area contributed by atoms with Crippen LogP contribution in [0.15, 0.2) is 54.6 Å². The predicted molar refractivity (Wildman–Crippen MR) is 149 cm³/mol. The number of carbonyl (C=O) groups is 2. The molecule has 2 heterocycles. The molecular weight excluding hydrogens is 494 g/mol. The highest BCUT2D eigenvalue weighted by Gasteiger charge is 2.26. The highest BCUT2D eigenvalue weighted by Crippen LogP contribution is 2.38. The number of hydrogen-bond donors (Lipinski definition) is 1. The number of likely N-dealkylation sites (tertiary alicyclic amines) is 1. The molecule has 3 aromatic carbocycles. The average molecular weight is 530 g/mol. The van der Waals surface area contributed by atoms with Crippen LogP contribution in [-0.4, -0.2) is 48.2 Å². The van der Waals surface area contributed by atoms with Crippen molar-refractivity contribution in [2.45, 2.75) is 52.1 Å². The van der Waals surface area contributed by atoms with Gasteiger partial charge in [-0.25, -0.2) is 0 Å². The molecule has 1 atom stereocenters. The van der Waals surface area contributed by atoms with Gasteiger partial charge in [0.15, 0.2) is 0 Å². The molecule has 7 nitrogen and oxygen atoms in total. The summed E-state index contributed by atoms with van der Waals surface area (Å²) in [7, 11) is 0. The molecular formula is C32H35NO6. The second-order valence-corrected chi connectivity index (χ2v) is 10.4. The van der Waals surface area contributed by atoms with Gasteiger partial charge in [-0.2, -0.15) is 0 Å². The summed E-state index contributed by atoms with van der Waals surface area (Å²) >= 11 is 0. The molecule has 7 heteroatoms. The third kappa shape index (κ3) is 6.36. The van der Waals surface area contributed by atoms with Crippen molar-refractivity contribution in [2.24, 2.45) is 0 Å². The van der Waals surface area contributed by atoms with E-state index in [2.05, 4.69) is 38.1 Å². The number of aryl methyl sites for hydroxylation is 2. The van der Waals surface area contributed by atoms with Gasteiger partial charge in [0.25, 0.3) is 0 Å². The fourth-order valence-corrected chi connectivity index (χ4v) is 5.56. The van der Waals surface area contributed by atoms with Gasteiger partial charge in [0, 0.05) is 37.1 Å². The zero-order valence-electron chi connectivity index (χ0n) is 22.6. The lowest BCUT2D eigenvalue weighted by molar-refractivity contribution is -0.137. The van der Waals surface area contributed by atoms with E-state index in [1.807, 2.05) is 35.2 Å². The molecule has 1 fully saturated rings. The Morgan fingerprint density at radius 1 is 1.05 bits per heavy atom. The van der Waals surface area contributed by atoms with Crippen LogP contribution in [0, 0.1) is 13.8 Å². The third-order valence-electron chi connectivity index (χ3n) is 7.43. The number of carboxylic acids is 1. The largest absolute Gasteiger partial charge is 0.494 e. The van der Waals surface area contributed by atoms with E-state index < -0.39 is 5.97 Å². The second-order valence-electron chi connectivity index (χ2n) is 10.4. The van der Waals surface area contributed by atoms with Crippen LogP contribution >= 0.6 is 0 Å². The molecule has 2 aliphatic heterocycles. The van der Waals surface area contributed by atoms with Gasteiger partial charge in [0.05, 0.1) is 19.6 Å². The Labute approximate surface area is 229 Å². The Morgan fingerprint density at radius 2 is 1.87 bits per heavy atom. The molecule has 0 saturated carbocycles. The summed E-state index contributed by atoms with van der Waals surface area (Å²) in [6, 6.07) is 18.1. The summed E-state index contributed by atoms with van der Waals surface area (Å²) in [5, 5.41) is 9.10. The van der Waals surface area contributed by atoms with Gasteiger partial charge in [-0.05, 0) is 78.8 Å². The maximum atomic E-state index is 11.8. The fourth-order valence-electron chi connectivity index (χ4n) is 5.56. The SMILES string of the molecule is Cc1cc(OCCCN2CCCC2=O)cc(C)c1-c1cccc(COc2ccc3c(c2)OC[C@H]3CC(=O)O)c1. The van der Waals surface area contributed by atoms with Crippen LogP contribution in [0.3, 0.4) is 0 Å². The summed E-state index contributed by atoms with van der Waals surface area (Å²) in [5.74, 6) is 1.56. The summed E-state index contributed by atoms with van der Waals surface area (Å²) in [5.41, 5.74) is 6.57. The molecule has 2 aliphatic rings. The minimum Gasteiger partial charge on any atom is -0.494 e. The number of benzene rings is 3. The van der Waals surface area contributed by atoms with Gasteiger partial charge in [-0.1, -0.05) is 24.3 Å². The first-order valence-corrected chi connectivity index (χ1v) is 13.6. The fraction of sp³-hybridized carbons (Fsp3) is 0.375. The normalized spacial score (nSPS) is 16.2. The van der Waals surface area contributed by atoms with Gasteiger partial charge in [0.2, 0.25) is 5.91 Å². The van der Waals surface area contributed by atoms with Gasteiger partial charge in [-0.15, -0.1) is 0 Å². The summed E-state index contributed by atoms with van der Waals surface area (Å²) in [6.45, 7) is 7.20. The molecule has 0 radical (unpaired) electrons. The number of rotatable bonds is 11. The lowest BCUT2D eigenvalue weighted by Crippen LogP contribution is -2.26. The first-order valence-electron chi connectivity index (χ1n) is 13.6. The molecule has 0 unspecified atom stereocenters. The molecule has 39 heavy (non-hydrogen) atoms. The molecule has 0 spiro atoms. The van der Waals surface area contributed by atoms with Crippen molar-refractivity contribution < 1.29 is 28.9 Å². The van der Waals surface area contributed by atoms with E-state index in [0.29, 0.717) is 37.7 Å². The van der Waals surface area contributed by atoms with E-state index in [9.17, 15) is 9.59 Å². The second kappa shape index (κ2) is 11.8. The van der Waals surface area contributed by atoms with Crippen LogP contribution in [0.5, 0.6) is 17.2 Å². The van der Waals surface area contributed by atoms with E-state index in [-0.39, 0.29) is 18.2 Å². The van der Waals surface area contributed by atoms with Crippen LogP contribution in [0.2, 0.25) is 0 Å². The first-order chi connectivity index (χ1) is 18.9. The Kier molecular flexibility index (Phi) is 8.05. The van der Waals surface area contributed by atoms with Gasteiger partial charge in [0.1, 0.15) is 23.9 Å². The van der Waals surface area contributed by atoms with Gasteiger partial charge < -0.3 is 24.2 Å². The third-order valence-corrected chi connectivity index (χ3v) is 7.43. The minimum absolute atomic E-state index is 0.0623. The van der Waals surface area contributed by atoms with Crippen molar-refractivity contribution in [3.05, 3.63) is 76.9 Å². The lowest BCUT2D eigenvalue weighted by Gasteiger charge is -2.17. The van der Waals surface area contributed by atoms with Crippen LogP contribution in [0.1, 0.15) is 53.9 Å². The average Bonchev–Trinajstić information content (AvgIpc) is 3.50. The van der Waals surface area contributed by atoms with E-state index >= 15 is 0 Å². The van der Waals surface area contributed by atoms with E-state index in [1.165, 1.54) is 5.56 Å². The molecule has 1 saturated heterocycles.